The van der Waals surface area contributed by atoms with Gasteiger partial charge in [-0.25, -0.2) is 0 Å². The summed E-state index contributed by atoms with van der Waals surface area (Å²) in [5.41, 5.74) is 2.31. The van der Waals surface area contributed by atoms with Gasteiger partial charge < -0.3 is 5.32 Å². The van der Waals surface area contributed by atoms with Gasteiger partial charge in [0, 0.05) is 16.7 Å². The molecule has 1 aromatic carbocycles. The fourth-order valence-corrected chi connectivity index (χ4v) is 3.37. The highest BCUT2D eigenvalue weighted by Crippen LogP contribution is 2.16. The van der Waals surface area contributed by atoms with Crippen molar-refractivity contribution in [2.75, 3.05) is 12.3 Å². The molecule has 0 saturated carbocycles. The van der Waals surface area contributed by atoms with Gasteiger partial charge in [-0.15, -0.1) is 0 Å². The lowest BCUT2D eigenvalue weighted by Gasteiger charge is -2.13. The Morgan fingerprint density at radius 2 is 2.06 bits per heavy atom. The molecule has 0 amide bonds. The normalized spacial score (nSPS) is 14.4. The maximum Gasteiger partial charge on any atom is 0.0532 e. The van der Waals surface area contributed by atoms with Gasteiger partial charge in [-0.1, -0.05) is 19.1 Å². The van der Waals surface area contributed by atoms with E-state index in [2.05, 4.69) is 37.4 Å². The Morgan fingerprint density at radius 1 is 1.33 bits per heavy atom. The van der Waals surface area contributed by atoms with E-state index in [9.17, 15) is 4.21 Å². The van der Waals surface area contributed by atoms with Crippen molar-refractivity contribution in [3.05, 3.63) is 29.3 Å². The molecule has 0 fully saturated rings. The van der Waals surface area contributed by atoms with Crippen LogP contribution in [0.2, 0.25) is 0 Å². The highest BCUT2D eigenvalue weighted by atomic mass is 32.2. The lowest BCUT2D eigenvalue weighted by molar-refractivity contribution is 0.533. The lowest BCUT2D eigenvalue weighted by atomic mass is 10.2. The summed E-state index contributed by atoms with van der Waals surface area (Å²) in [5, 5.41) is 3.43. The molecule has 1 N–H and O–H groups in total. The average molecular weight is 267 g/mol. The predicted octanol–water partition coefficient (Wildman–Crippen LogP) is 3.19. The van der Waals surface area contributed by atoms with E-state index in [1.165, 1.54) is 5.56 Å². The summed E-state index contributed by atoms with van der Waals surface area (Å²) in [6.45, 7) is 9.44. The van der Waals surface area contributed by atoms with Crippen molar-refractivity contribution in [3.63, 3.8) is 0 Å². The molecule has 0 saturated heterocycles. The predicted molar refractivity (Wildman–Crippen MR) is 79.6 cm³/mol. The largest absolute Gasteiger partial charge is 0.314 e. The van der Waals surface area contributed by atoms with E-state index in [0.717, 1.165) is 35.6 Å². The van der Waals surface area contributed by atoms with Gasteiger partial charge in [-0.3, -0.25) is 4.21 Å². The van der Waals surface area contributed by atoms with E-state index in [0.29, 0.717) is 6.04 Å². The molecule has 0 spiro atoms. The summed E-state index contributed by atoms with van der Waals surface area (Å²) >= 11 is 0. The van der Waals surface area contributed by atoms with Crippen LogP contribution >= 0.6 is 0 Å². The first kappa shape index (κ1) is 15.4. The van der Waals surface area contributed by atoms with Crippen molar-refractivity contribution >= 4 is 10.8 Å². The van der Waals surface area contributed by atoms with E-state index in [1.54, 1.807) is 0 Å². The third kappa shape index (κ3) is 4.91. The number of benzene rings is 1. The zero-order valence-electron chi connectivity index (χ0n) is 12.0. The second kappa shape index (κ2) is 7.70. The number of aryl methyl sites for hydroxylation is 2. The third-order valence-electron chi connectivity index (χ3n) is 3.07. The van der Waals surface area contributed by atoms with E-state index in [1.807, 2.05) is 13.8 Å². The maximum absolute atomic E-state index is 12.3. The molecule has 0 bridgehead atoms. The summed E-state index contributed by atoms with van der Waals surface area (Å²) in [5.74, 6) is 0.738. The van der Waals surface area contributed by atoms with Gasteiger partial charge in [0.25, 0.3) is 0 Å². The van der Waals surface area contributed by atoms with Crippen LogP contribution in [-0.2, 0) is 10.8 Å². The highest BCUT2D eigenvalue weighted by molar-refractivity contribution is 7.85. The summed E-state index contributed by atoms with van der Waals surface area (Å²) < 4.78 is 12.3. The second-order valence-electron chi connectivity index (χ2n) is 4.96. The van der Waals surface area contributed by atoms with E-state index in [-0.39, 0.29) is 0 Å². The summed E-state index contributed by atoms with van der Waals surface area (Å²) in [6.07, 6.45) is 2.10. The standard InChI is InChI=1S/C15H25NOS/c1-5-9-16-14(4)8-10-18(17)15-11-12(2)6-7-13(15)3/h6-7,11,14,16H,5,8-10H2,1-4H3. The second-order valence-corrected chi connectivity index (χ2v) is 6.50. The monoisotopic (exact) mass is 267 g/mol. The maximum atomic E-state index is 12.3. The zero-order valence-corrected chi connectivity index (χ0v) is 12.8. The van der Waals surface area contributed by atoms with Crippen LogP contribution in [0.15, 0.2) is 23.1 Å². The molecular formula is C15H25NOS. The summed E-state index contributed by atoms with van der Waals surface area (Å²) in [6, 6.07) is 6.62. The van der Waals surface area contributed by atoms with Crippen LogP contribution in [0.4, 0.5) is 0 Å². The van der Waals surface area contributed by atoms with Gasteiger partial charge in [0.15, 0.2) is 0 Å². The quantitative estimate of drug-likeness (QED) is 0.822. The first-order chi connectivity index (χ1) is 8.54. The molecule has 102 valence electrons. The molecule has 3 heteroatoms. The van der Waals surface area contributed by atoms with Crippen LogP contribution in [-0.4, -0.2) is 22.5 Å². The molecule has 18 heavy (non-hydrogen) atoms. The van der Waals surface area contributed by atoms with Crippen LogP contribution in [0.1, 0.15) is 37.8 Å². The van der Waals surface area contributed by atoms with Crippen molar-refractivity contribution in [1.29, 1.82) is 0 Å². The molecule has 2 nitrogen and oxygen atoms in total. The van der Waals surface area contributed by atoms with Gasteiger partial charge in [-0.2, -0.15) is 0 Å². The zero-order chi connectivity index (χ0) is 13.5. The Morgan fingerprint density at radius 3 is 2.72 bits per heavy atom. The molecular weight excluding hydrogens is 242 g/mol. The van der Waals surface area contributed by atoms with Crippen molar-refractivity contribution in [2.45, 2.75) is 51.5 Å². The van der Waals surface area contributed by atoms with E-state index < -0.39 is 10.8 Å². The van der Waals surface area contributed by atoms with Gasteiger partial charge in [0.05, 0.1) is 10.8 Å². The molecule has 1 rings (SSSR count). The fourth-order valence-electron chi connectivity index (χ4n) is 1.84. The highest BCUT2D eigenvalue weighted by Gasteiger charge is 2.09. The minimum Gasteiger partial charge on any atom is -0.314 e. The van der Waals surface area contributed by atoms with Gasteiger partial charge in [-0.05, 0) is 57.4 Å². The first-order valence-corrected chi connectivity index (χ1v) is 8.05. The average Bonchev–Trinajstić information content (AvgIpc) is 2.36. The number of rotatable bonds is 7. The molecule has 2 unspecified atom stereocenters. The SMILES string of the molecule is CCCNC(C)CCS(=O)c1cc(C)ccc1C. The van der Waals surface area contributed by atoms with Crippen LogP contribution in [0.5, 0.6) is 0 Å². The Labute approximate surface area is 114 Å². The Hall–Kier alpha value is -0.670. The third-order valence-corrected chi connectivity index (χ3v) is 4.60. The molecule has 1 aromatic rings. The molecule has 0 aromatic heterocycles. The minimum absolute atomic E-state index is 0.444. The summed E-state index contributed by atoms with van der Waals surface area (Å²) in [7, 11) is -0.871. The van der Waals surface area contributed by atoms with Crippen LogP contribution in [0, 0.1) is 13.8 Å². The molecule has 0 radical (unpaired) electrons. The van der Waals surface area contributed by atoms with Crippen LogP contribution in [0.3, 0.4) is 0 Å². The Bertz CT molecular complexity index is 403. The number of hydrogen-bond acceptors (Lipinski definition) is 2. The van der Waals surface area contributed by atoms with Gasteiger partial charge in [0.2, 0.25) is 0 Å². The van der Waals surface area contributed by atoms with Crippen molar-refractivity contribution in [2.24, 2.45) is 0 Å². The smallest absolute Gasteiger partial charge is 0.0532 e. The van der Waals surface area contributed by atoms with Crippen molar-refractivity contribution in [1.82, 2.24) is 5.32 Å². The molecule has 0 aliphatic heterocycles. The molecule has 0 aliphatic carbocycles. The lowest BCUT2D eigenvalue weighted by Crippen LogP contribution is -2.28. The molecule has 2 atom stereocenters. The Kier molecular flexibility index (Phi) is 6.58. The number of nitrogens with one attached hydrogen (secondary N) is 1. The molecule has 0 heterocycles. The van der Waals surface area contributed by atoms with Gasteiger partial charge >= 0.3 is 0 Å². The minimum atomic E-state index is -0.871. The Balaban J connectivity index is 2.52. The van der Waals surface area contributed by atoms with Crippen molar-refractivity contribution < 1.29 is 4.21 Å². The summed E-state index contributed by atoms with van der Waals surface area (Å²) in [4.78, 5) is 0.998. The topological polar surface area (TPSA) is 29.1 Å². The van der Waals surface area contributed by atoms with E-state index >= 15 is 0 Å². The van der Waals surface area contributed by atoms with Crippen molar-refractivity contribution in [3.8, 4) is 0 Å². The first-order valence-electron chi connectivity index (χ1n) is 6.73. The molecule has 0 aliphatic rings. The van der Waals surface area contributed by atoms with Gasteiger partial charge in [0.1, 0.15) is 0 Å². The fraction of sp³-hybridized carbons (Fsp3) is 0.600. The number of hydrogen-bond donors (Lipinski definition) is 1. The van der Waals surface area contributed by atoms with Crippen LogP contribution < -0.4 is 5.32 Å². The van der Waals surface area contributed by atoms with Crippen LogP contribution in [0.25, 0.3) is 0 Å². The van der Waals surface area contributed by atoms with E-state index in [4.69, 9.17) is 0 Å².